The predicted octanol–water partition coefficient (Wildman–Crippen LogP) is 2.53. The first-order valence-corrected chi connectivity index (χ1v) is 11.2. The molecule has 0 aliphatic heterocycles. The number of thiophene rings is 1. The molecule has 0 radical (unpaired) electrons. The molecule has 0 unspecified atom stereocenters. The number of hydrogen-bond donors (Lipinski definition) is 2. The molecule has 1 aromatic rings. The van der Waals surface area contributed by atoms with Crippen molar-refractivity contribution < 1.29 is 8.42 Å². The normalized spacial score (nSPS) is 12.8. The largest absolute Gasteiger partial charge is 0.357 e. The van der Waals surface area contributed by atoms with E-state index in [1.54, 1.807) is 6.07 Å². The summed E-state index contributed by atoms with van der Waals surface area (Å²) in [5.41, 5.74) is 0. The van der Waals surface area contributed by atoms with Gasteiger partial charge in [-0.2, -0.15) is 4.31 Å². The summed E-state index contributed by atoms with van der Waals surface area (Å²) in [6.45, 7) is 13.3. The van der Waals surface area contributed by atoms with Gasteiger partial charge in [0.25, 0.3) is 10.0 Å². The molecule has 0 fully saturated rings. The number of nitrogens with one attached hydrogen (secondary N) is 2. The molecule has 8 heteroatoms. The maximum Gasteiger partial charge on any atom is 0.252 e. The molecule has 0 aliphatic carbocycles. The van der Waals surface area contributed by atoms with Crippen LogP contribution < -0.4 is 10.6 Å². The number of sulfonamides is 1. The van der Waals surface area contributed by atoms with E-state index in [-0.39, 0.29) is 0 Å². The van der Waals surface area contributed by atoms with Gasteiger partial charge in [0.2, 0.25) is 0 Å². The second kappa shape index (κ2) is 10.8. The van der Waals surface area contributed by atoms with Crippen LogP contribution in [0.5, 0.6) is 0 Å². The Hall–Kier alpha value is -1.12. The van der Waals surface area contributed by atoms with Crippen LogP contribution in [-0.2, 0) is 16.4 Å². The zero-order chi connectivity index (χ0) is 18.9. The molecule has 0 aromatic carbocycles. The molecule has 1 heterocycles. The van der Waals surface area contributed by atoms with E-state index in [4.69, 9.17) is 0 Å². The minimum atomic E-state index is -3.35. The quantitative estimate of drug-likeness (QED) is 0.477. The molecular weight excluding hydrogens is 356 g/mol. The Balaban J connectivity index is 2.65. The summed E-state index contributed by atoms with van der Waals surface area (Å²) in [7, 11) is -3.35. The van der Waals surface area contributed by atoms with Crippen molar-refractivity contribution in [1.29, 1.82) is 0 Å². The molecule has 0 saturated carbocycles. The monoisotopic (exact) mass is 388 g/mol. The summed E-state index contributed by atoms with van der Waals surface area (Å²) >= 11 is 1.35. The van der Waals surface area contributed by atoms with Crippen LogP contribution in [0.2, 0.25) is 0 Å². The molecule has 25 heavy (non-hydrogen) atoms. The summed E-state index contributed by atoms with van der Waals surface area (Å²) in [4.78, 5) is 5.58. The van der Waals surface area contributed by atoms with E-state index in [2.05, 4.69) is 29.5 Å². The Labute approximate surface area is 156 Å². The van der Waals surface area contributed by atoms with Crippen molar-refractivity contribution in [3.05, 3.63) is 17.0 Å². The summed E-state index contributed by atoms with van der Waals surface area (Å²) in [5, 5.41) is 6.53. The Morgan fingerprint density at radius 1 is 1.20 bits per heavy atom. The Morgan fingerprint density at radius 2 is 1.88 bits per heavy atom. The molecule has 0 amide bonds. The summed E-state index contributed by atoms with van der Waals surface area (Å²) in [5.74, 6) is 1.32. The Kier molecular flexibility index (Phi) is 9.45. The average Bonchev–Trinajstić information content (AvgIpc) is 3.03. The van der Waals surface area contributed by atoms with Crippen molar-refractivity contribution in [3.8, 4) is 0 Å². The van der Waals surface area contributed by atoms with Crippen molar-refractivity contribution >= 4 is 27.3 Å². The highest BCUT2D eigenvalue weighted by Crippen LogP contribution is 2.25. The first-order chi connectivity index (χ1) is 11.8. The lowest BCUT2D eigenvalue weighted by atomic mass is 10.2. The average molecular weight is 389 g/mol. The molecule has 0 spiro atoms. The number of hydrogen-bond acceptors (Lipinski definition) is 4. The van der Waals surface area contributed by atoms with E-state index < -0.39 is 10.0 Å². The van der Waals surface area contributed by atoms with Gasteiger partial charge in [-0.05, 0) is 31.4 Å². The van der Waals surface area contributed by atoms with E-state index >= 15 is 0 Å². The topological polar surface area (TPSA) is 73.8 Å². The van der Waals surface area contributed by atoms with Gasteiger partial charge in [-0.3, -0.25) is 4.99 Å². The molecule has 2 N–H and O–H groups in total. The lowest BCUT2D eigenvalue weighted by molar-refractivity contribution is 0.447. The Morgan fingerprint density at radius 3 is 2.44 bits per heavy atom. The molecule has 6 nitrogen and oxygen atoms in total. The Bertz CT molecular complexity index is 635. The lowest BCUT2D eigenvalue weighted by Gasteiger charge is -2.16. The zero-order valence-electron chi connectivity index (χ0n) is 16.0. The molecule has 0 aliphatic rings. The molecular formula is C17H32N4O2S2. The standard InChI is InChI=1S/C17H32N4O2S2/c1-6-18-17(20-13-14(4)5)19-12-11-15-9-10-16(24-15)25(22,23)21(7-2)8-3/h9-10,14H,6-8,11-13H2,1-5H3,(H2,18,19,20). The van der Waals surface area contributed by atoms with E-state index in [1.165, 1.54) is 15.6 Å². The van der Waals surface area contributed by atoms with Gasteiger partial charge < -0.3 is 10.6 Å². The van der Waals surface area contributed by atoms with E-state index in [1.807, 2.05) is 26.8 Å². The fourth-order valence-corrected chi connectivity index (χ4v) is 5.21. The maximum absolute atomic E-state index is 12.5. The highest BCUT2D eigenvalue weighted by atomic mass is 32.2. The van der Waals surface area contributed by atoms with Crippen molar-refractivity contribution in [2.24, 2.45) is 10.9 Å². The van der Waals surface area contributed by atoms with Gasteiger partial charge in [-0.15, -0.1) is 11.3 Å². The van der Waals surface area contributed by atoms with Crippen molar-refractivity contribution in [2.45, 2.75) is 45.2 Å². The van der Waals surface area contributed by atoms with Crippen molar-refractivity contribution in [1.82, 2.24) is 14.9 Å². The van der Waals surface area contributed by atoms with Crippen LogP contribution in [0.1, 0.15) is 39.5 Å². The predicted molar refractivity (Wildman–Crippen MR) is 107 cm³/mol. The second-order valence-electron chi connectivity index (χ2n) is 6.10. The van der Waals surface area contributed by atoms with Crippen molar-refractivity contribution in [3.63, 3.8) is 0 Å². The van der Waals surface area contributed by atoms with Crippen LogP contribution >= 0.6 is 11.3 Å². The van der Waals surface area contributed by atoms with Crippen LogP contribution in [0.4, 0.5) is 0 Å². The number of aliphatic imine (C=N–C) groups is 1. The highest BCUT2D eigenvalue weighted by Gasteiger charge is 2.23. The SMILES string of the molecule is CCNC(=NCC(C)C)NCCc1ccc(S(=O)(=O)N(CC)CC)s1. The molecule has 0 bridgehead atoms. The van der Waals surface area contributed by atoms with Crippen molar-refractivity contribution in [2.75, 3.05) is 32.7 Å². The smallest absolute Gasteiger partial charge is 0.252 e. The molecule has 1 rings (SSSR count). The number of guanidine groups is 1. The second-order valence-corrected chi connectivity index (χ2v) is 9.43. The first-order valence-electron chi connectivity index (χ1n) is 8.96. The van der Waals surface area contributed by atoms with E-state index in [9.17, 15) is 8.42 Å². The third-order valence-corrected chi connectivity index (χ3v) is 7.22. The minimum absolute atomic E-state index is 0.423. The number of rotatable bonds is 10. The lowest BCUT2D eigenvalue weighted by Crippen LogP contribution is -2.38. The molecule has 0 atom stereocenters. The minimum Gasteiger partial charge on any atom is -0.357 e. The molecule has 0 saturated heterocycles. The van der Waals surface area contributed by atoms with E-state index in [0.717, 1.165) is 36.9 Å². The van der Waals surface area contributed by atoms with Gasteiger partial charge in [0.1, 0.15) is 4.21 Å². The van der Waals surface area contributed by atoms with Gasteiger partial charge in [0.15, 0.2) is 5.96 Å². The third-order valence-electron chi connectivity index (χ3n) is 3.56. The summed E-state index contributed by atoms with van der Waals surface area (Å²) in [6.07, 6.45) is 0.768. The van der Waals surface area contributed by atoms with Crippen LogP contribution in [0.25, 0.3) is 0 Å². The van der Waals surface area contributed by atoms with Gasteiger partial charge >= 0.3 is 0 Å². The summed E-state index contributed by atoms with van der Waals surface area (Å²) in [6, 6.07) is 3.62. The first kappa shape index (κ1) is 21.9. The maximum atomic E-state index is 12.5. The van der Waals surface area contributed by atoms with Crippen LogP contribution in [-0.4, -0.2) is 51.4 Å². The fourth-order valence-electron chi connectivity index (χ4n) is 2.24. The van der Waals surface area contributed by atoms with Gasteiger partial charge in [-0.25, -0.2) is 8.42 Å². The zero-order valence-corrected chi connectivity index (χ0v) is 17.6. The molecule has 144 valence electrons. The van der Waals surface area contributed by atoms with E-state index in [0.29, 0.717) is 23.2 Å². The molecule has 1 aromatic heterocycles. The van der Waals surface area contributed by atoms with Crippen LogP contribution in [0.3, 0.4) is 0 Å². The van der Waals surface area contributed by atoms with Gasteiger partial charge in [0, 0.05) is 37.6 Å². The van der Waals surface area contributed by atoms with Gasteiger partial charge in [-0.1, -0.05) is 27.7 Å². The fraction of sp³-hybridized carbons (Fsp3) is 0.706. The van der Waals surface area contributed by atoms with Crippen LogP contribution in [0.15, 0.2) is 21.3 Å². The third kappa shape index (κ3) is 6.95. The van der Waals surface area contributed by atoms with Crippen LogP contribution in [0, 0.1) is 5.92 Å². The van der Waals surface area contributed by atoms with Gasteiger partial charge in [0.05, 0.1) is 0 Å². The number of nitrogens with zero attached hydrogens (tertiary/aromatic N) is 2. The highest BCUT2D eigenvalue weighted by molar-refractivity contribution is 7.91. The summed E-state index contributed by atoms with van der Waals surface area (Å²) < 4.78 is 26.9.